The second kappa shape index (κ2) is 5.60. The van der Waals surface area contributed by atoms with E-state index in [0.717, 1.165) is 12.8 Å². The van der Waals surface area contributed by atoms with Gasteiger partial charge >= 0.3 is 0 Å². The van der Waals surface area contributed by atoms with Crippen LogP contribution in [0.2, 0.25) is 0 Å². The molecular weight excluding hydrogens is 174 g/mol. The Kier molecular flexibility index (Phi) is 4.40. The zero-order chi connectivity index (χ0) is 10.4. The van der Waals surface area contributed by atoms with E-state index >= 15 is 0 Å². The molecule has 1 rings (SSSR count). The van der Waals surface area contributed by atoms with Crippen molar-refractivity contribution >= 4 is 0 Å². The molecule has 78 valence electrons. The number of unbranched alkanes of at least 4 members (excludes halogenated alkanes) is 1. The van der Waals surface area contributed by atoms with Crippen molar-refractivity contribution in [2.45, 2.75) is 25.3 Å². The quantitative estimate of drug-likeness (QED) is 0.553. The van der Waals surface area contributed by atoms with Gasteiger partial charge in [-0.1, -0.05) is 6.08 Å². The second-order valence-corrected chi connectivity index (χ2v) is 3.44. The zero-order valence-electron chi connectivity index (χ0n) is 9.03. The number of rotatable bonds is 6. The van der Waals surface area contributed by atoms with Crippen molar-refractivity contribution in [3.05, 3.63) is 30.6 Å². The van der Waals surface area contributed by atoms with Crippen molar-refractivity contribution in [3.63, 3.8) is 0 Å². The van der Waals surface area contributed by atoms with Gasteiger partial charge in [0.05, 0.1) is 5.69 Å². The first-order valence-corrected chi connectivity index (χ1v) is 5.05. The van der Waals surface area contributed by atoms with Crippen LogP contribution in [0, 0.1) is 0 Å². The predicted molar refractivity (Wildman–Crippen MR) is 59.1 cm³/mol. The maximum absolute atomic E-state index is 4.17. The SMILES string of the molecule is C=CCCCC(NC)c1ccnn1C. The second-order valence-electron chi connectivity index (χ2n) is 3.44. The first kappa shape index (κ1) is 11.0. The summed E-state index contributed by atoms with van der Waals surface area (Å²) in [6.07, 6.45) is 7.18. The molecule has 0 fully saturated rings. The third-order valence-electron chi connectivity index (χ3n) is 2.47. The lowest BCUT2D eigenvalue weighted by molar-refractivity contribution is 0.492. The van der Waals surface area contributed by atoms with Gasteiger partial charge in [0.15, 0.2) is 0 Å². The smallest absolute Gasteiger partial charge is 0.0550 e. The maximum Gasteiger partial charge on any atom is 0.0550 e. The van der Waals surface area contributed by atoms with Crippen molar-refractivity contribution in [1.29, 1.82) is 0 Å². The van der Waals surface area contributed by atoms with Gasteiger partial charge in [-0.05, 0) is 32.4 Å². The lowest BCUT2D eigenvalue weighted by atomic mass is 10.1. The van der Waals surface area contributed by atoms with Crippen LogP contribution in [-0.2, 0) is 7.05 Å². The van der Waals surface area contributed by atoms with E-state index in [9.17, 15) is 0 Å². The molecule has 14 heavy (non-hydrogen) atoms. The molecular formula is C11H19N3. The van der Waals surface area contributed by atoms with Gasteiger partial charge in [0.2, 0.25) is 0 Å². The van der Waals surface area contributed by atoms with E-state index in [1.165, 1.54) is 12.1 Å². The Morgan fingerprint density at radius 3 is 3.00 bits per heavy atom. The highest BCUT2D eigenvalue weighted by Crippen LogP contribution is 2.17. The minimum absolute atomic E-state index is 0.405. The molecule has 0 saturated carbocycles. The summed E-state index contributed by atoms with van der Waals surface area (Å²) in [6.45, 7) is 3.73. The summed E-state index contributed by atoms with van der Waals surface area (Å²) in [5, 5.41) is 7.48. The molecule has 0 aliphatic carbocycles. The van der Waals surface area contributed by atoms with Gasteiger partial charge in [-0.15, -0.1) is 6.58 Å². The van der Waals surface area contributed by atoms with Gasteiger partial charge in [-0.2, -0.15) is 5.10 Å². The van der Waals surface area contributed by atoms with Gasteiger partial charge in [-0.25, -0.2) is 0 Å². The summed E-state index contributed by atoms with van der Waals surface area (Å²) in [6, 6.07) is 2.47. The van der Waals surface area contributed by atoms with E-state index in [0.29, 0.717) is 6.04 Å². The first-order chi connectivity index (χ1) is 6.79. The molecule has 0 amide bonds. The molecule has 1 atom stereocenters. The molecule has 0 radical (unpaired) electrons. The molecule has 0 saturated heterocycles. The molecule has 0 bridgehead atoms. The highest BCUT2D eigenvalue weighted by atomic mass is 15.3. The van der Waals surface area contributed by atoms with Crippen molar-refractivity contribution < 1.29 is 0 Å². The summed E-state index contributed by atoms with van der Waals surface area (Å²) < 4.78 is 1.93. The van der Waals surface area contributed by atoms with E-state index in [2.05, 4.69) is 23.1 Å². The summed E-state index contributed by atoms with van der Waals surface area (Å²) >= 11 is 0. The lowest BCUT2D eigenvalue weighted by Gasteiger charge is -2.15. The molecule has 0 aromatic carbocycles. The third-order valence-corrected chi connectivity index (χ3v) is 2.47. The topological polar surface area (TPSA) is 29.9 Å². The maximum atomic E-state index is 4.17. The predicted octanol–water partition coefficient (Wildman–Crippen LogP) is 2.04. The van der Waals surface area contributed by atoms with Crippen LogP contribution in [0.15, 0.2) is 24.9 Å². The van der Waals surface area contributed by atoms with Crippen molar-refractivity contribution in [2.75, 3.05) is 7.05 Å². The summed E-state index contributed by atoms with van der Waals surface area (Å²) in [5.41, 5.74) is 1.25. The Bertz CT molecular complexity index is 278. The molecule has 1 aromatic rings. The lowest BCUT2D eigenvalue weighted by Crippen LogP contribution is -2.19. The van der Waals surface area contributed by atoms with Gasteiger partial charge in [-0.3, -0.25) is 4.68 Å². The largest absolute Gasteiger partial charge is 0.312 e. The van der Waals surface area contributed by atoms with Crippen LogP contribution in [0.1, 0.15) is 31.0 Å². The number of nitrogens with one attached hydrogen (secondary N) is 1. The monoisotopic (exact) mass is 193 g/mol. The van der Waals surface area contributed by atoms with Crippen LogP contribution in [0.3, 0.4) is 0 Å². The Morgan fingerprint density at radius 1 is 1.71 bits per heavy atom. The van der Waals surface area contributed by atoms with Crippen LogP contribution >= 0.6 is 0 Å². The molecule has 1 heterocycles. The average molecular weight is 193 g/mol. The molecule has 0 spiro atoms. The van der Waals surface area contributed by atoms with E-state index < -0.39 is 0 Å². The number of hydrogen-bond donors (Lipinski definition) is 1. The van der Waals surface area contributed by atoms with Crippen LogP contribution in [0.5, 0.6) is 0 Å². The van der Waals surface area contributed by atoms with Gasteiger partial charge in [0.1, 0.15) is 0 Å². The normalized spacial score (nSPS) is 12.7. The molecule has 1 N–H and O–H groups in total. The molecule has 0 aliphatic heterocycles. The third kappa shape index (κ3) is 2.70. The fourth-order valence-electron chi connectivity index (χ4n) is 1.63. The number of nitrogens with zero attached hydrogens (tertiary/aromatic N) is 2. The average Bonchev–Trinajstić information content (AvgIpc) is 2.60. The Morgan fingerprint density at radius 2 is 2.50 bits per heavy atom. The Labute approximate surface area is 85.8 Å². The fraction of sp³-hybridized carbons (Fsp3) is 0.545. The Hall–Kier alpha value is -1.09. The standard InChI is InChI=1S/C11H19N3/c1-4-5-6-7-10(12-2)11-8-9-13-14(11)3/h4,8-10,12H,1,5-7H2,2-3H3. The highest BCUT2D eigenvalue weighted by molar-refractivity contribution is 5.06. The highest BCUT2D eigenvalue weighted by Gasteiger charge is 2.11. The summed E-state index contributed by atoms with van der Waals surface area (Å²) in [7, 11) is 3.97. The molecule has 1 aromatic heterocycles. The fourth-order valence-corrected chi connectivity index (χ4v) is 1.63. The minimum Gasteiger partial charge on any atom is -0.312 e. The van der Waals surface area contributed by atoms with Crippen LogP contribution in [0.4, 0.5) is 0 Å². The van der Waals surface area contributed by atoms with Crippen molar-refractivity contribution in [1.82, 2.24) is 15.1 Å². The molecule has 3 heteroatoms. The van der Waals surface area contributed by atoms with Crippen molar-refractivity contribution in [2.24, 2.45) is 7.05 Å². The molecule has 0 aliphatic rings. The summed E-state index contributed by atoms with van der Waals surface area (Å²) in [5.74, 6) is 0. The number of hydrogen-bond acceptors (Lipinski definition) is 2. The van der Waals surface area contributed by atoms with E-state index in [1.54, 1.807) is 0 Å². The molecule has 1 unspecified atom stereocenters. The van der Waals surface area contributed by atoms with Crippen LogP contribution < -0.4 is 5.32 Å². The zero-order valence-corrected chi connectivity index (χ0v) is 9.03. The van der Waals surface area contributed by atoms with E-state index in [-0.39, 0.29) is 0 Å². The van der Waals surface area contributed by atoms with Crippen LogP contribution in [-0.4, -0.2) is 16.8 Å². The number of allylic oxidation sites excluding steroid dienone is 1. The van der Waals surface area contributed by atoms with E-state index in [1.807, 2.05) is 31.1 Å². The minimum atomic E-state index is 0.405. The first-order valence-electron chi connectivity index (χ1n) is 5.05. The van der Waals surface area contributed by atoms with Gasteiger partial charge in [0.25, 0.3) is 0 Å². The summed E-state index contributed by atoms with van der Waals surface area (Å²) in [4.78, 5) is 0. The van der Waals surface area contributed by atoms with Crippen LogP contribution in [0.25, 0.3) is 0 Å². The van der Waals surface area contributed by atoms with Gasteiger partial charge in [0, 0.05) is 19.3 Å². The van der Waals surface area contributed by atoms with Crippen molar-refractivity contribution in [3.8, 4) is 0 Å². The van der Waals surface area contributed by atoms with E-state index in [4.69, 9.17) is 0 Å². The Balaban J connectivity index is 2.54. The molecule has 3 nitrogen and oxygen atoms in total. The number of aromatic nitrogens is 2. The van der Waals surface area contributed by atoms with Gasteiger partial charge < -0.3 is 5.32 Å². The number of aryl methyl sites for hydroxylation is 1.